The highest BCUT2D eigenvalue weighted by molar-refractivity contribution is 7.89. The average molecular weight is 317 g/mol. The van der Waals surface area contributed by atoms with Crippen LogP contribution in [-0.2, 0) is 14.8 Å². The van der Waals surface area contributed by atoms with Crippen LogP contribution in [0, 0.1) is 5.92 Å². The van der Waals surface area contributed by atoms with Crippen molar-refractivity contribution in [3.63, 3.8) is 0 Å². The van der Waals surface area contributed by atoms with Gasteiger partial charge in [-0.1, -0.05) is 0 Å². The van der Waals surface area contributed by atoms with Crippen LogP contribution >= 0.6 is 0 Å². The first-order chi connectivity index (χ1) is 9.92. The maximum atomic E-state index is 12.2. The molecule has 0 radical (unpaired) electrons. The van der Waals surface area contributed by atoms with E-state index in [-0.39, 0.29) is 18.2 Å². The molecule has 1 N–H and O–H groups in total. The van der Waals surface area contributed by atoms with Crippen molar-refractivity contribution in [2.24, 2.45) is 5.92 Å². The maximum Gasteiger partial charge on any atom is 0.237 e. The number of nitrogens with zero attached hydrogens (tertiary/aromatic N) is 2. The Morgan fingerprint density at radius 2 is 1.86 bits per heavy atom. The number of nitrogens with one attached hydrogen (secondary N) is 1. The molecule has 7 heteroatoms. The summed E-state index contributed by atoms with van der Waals surface area (Å²) in [6.07, 6.45) is 4.62. The van der Waals surface area contributed by atoms with E-state index in [0.29, 0.717) is 6.04 Å². The lowest BCUT2D eigenvalue weighted by Gasteiger charge is -2.33. The standard InChI is InChI=1S/C14H27N3O3S/c1-3-21(19,20)16(2)11-14(18)17-8-6-13(7-9-17)15-10-12-4-5-12/h12-13,15H,3-11H2,1-2H3. The van der Waals surface area contributed by atoms with Crippen molar-refractivity contribution in [3.8, 4) is 0 Å². The highest BCUT2D eigenvalue weighted by Crippen LogP contribution is 2.28. The average Bonchev–Trinajstić information content (AvgIpc) is 3.29. The number of hydrogen-bond acceptors (Lipinski definition) is 4. The largest absolute Gasteiger partial charge is 0.341 e. The summed E-state index contributed by atoms with van der Waals surface area (Å²) in [7, 11) is -1.81. The number of hydrogen-bond donors (Lipinski definition) is 1. The Hall–Kier alpha value is -0.660. The minimum absolute atomic E-state index is 0.0317. The van der Waals surface area contributed by atoms with Gasteiger partial charge in [-0.3, -0.25) is 4.79 Å². The predicted octanol–water partition coefficient (Wildman–Crippen LogP) is 0.259. The topological polar surface area (TPSA) is 69.7 Å². The summed E-state index contributed by atoms with van der Waals surface area (Å²) in [6, 6.07) is 0.506. The van der Waals surface area contributed by atoms with Gasteiger partial charge in [0.2, 0.25) is 15.9 Å². The second kappa shape index (κ2) is 7.07. The molecule has 0 aromatic heterocycles. The van der Waals surface area contributed by atoms with Crippen LogP contribution in [0.5, 0.6) is 0 Å². The summed E-state index contributed by atoms with van der Waals surface area (Å²) in [5.74, 6) is 0.817. The van der Waals surface area contributed by atoms with Crippen molar-refractivity contribution in [3.05, 3.63) is 0 Å². The highest BCUT2D eigenvalue weighted by Gasteiger charge is 2.27. The summed E-state index contributed by atoms with van der Waals surface area (Å²) in [6.45, 7) is 4.10. The normalized spacial score (nSPS) is 21.0. The fourth-order valence-electron chi connectivity index (χ4n) is 2.60. The molecule has 1 aliphatic heterocycles. The maximum absolute atomic E-state index is 12.2. The molecule has 1 amide bonds. The molecule has 0 atom stereocenters. The molecule has 2 fully saturated rings. The van der Waals surface area contributed by atoms with Crippen LogP contribution in [0.4, 0.5) is 0 Å². The molecule has 21 heavy (non-hydrogen) atoms. The minimum Gasteiger partial charge on any atom is -0.341 e. The second-order valence-electron chi connectivity index (χ2n) is 6.16. The van der Waals surface area contributed by atoms with Gasteiger partial charge in [0.15, 0.2) is 0 Å². The molecule has 1 saturated heterocycles. The van der Waals surface area contributed by atoms with Gasteiger partial charge in [-0.05, 0) is 45.1 Å². The first-order valence-corrected chi connectivity index (χ1v) is 9.48. The summed E-state index contributed by atoms with van der Waals surface area (Å²) in [5.41, 5.74) is 0. The molecule has 122 valence electrons. The second-order valence-corrected chi connectivity index (χ2v) is 8.53. The first-order valence-electron chi connectivity index (χ1n) is 7.87. The van der Waals surface area contributed by atoms with Crippen LogP contribution in [0.25, 0.3) is 0 Å². The van der Waals surface area contributed by atoms with Gasteiger partial charge in [0, 0.05) is 26.2 Å². The molecule has 2 aliphatic rings. The van der Waals surface area contributed by atoms with Gasteiger partial charge in [0.05, 0.1) is 12.3 Å². The molecule has 6 nitrogen and oxygen atoms in total. The van der Waals surface area contributed by atoms with E-state index in [1.807, 2.05) is 0 Å². The monoisotopic (exact) mass is 317 g/mol. The van der Waals surface area contributed by atoms with Crippen LogP contribution in [0.1, 0.15) is 32.6 Å². The summed E-state index contributed by atoms with van der Waals surface area (Å²) in [4.78, 5) is 13.9. The number of rotatable bonds is 7. The minimum atomic E-state index is -3.28. The van der Waals surface area contributed by atoms with E-state index in [4.69, 9.17) is 0 Å². The van der Waals surface area contributed by atoms with Crippen LogP contribution in [-0.4, -0.2) is 68.6 Å². The van der Waals surface area contributed by atoms with Gasteiger partial charge in [0.25, 0.3) is 0 Å². The van der Waals surface area contributed by atoms with E-state index >= 15 is 0 Å². The molecule has 0 aromatic carbocycles. The van der Waals surface area contributed by atoms with E-state index in [1.54, 1.807) is 11.8 Å². The van der Waals surface area contributed by atoms with Crippen molar-refractivity contribution >= 4 is 15.9 Å². The molecule has 1 saturated carbocycles. The Labute approximate surface area is 127 Å². The Morgan fingerprint density at radius 1 is 1.24 bits per heavy atom. The lowest BCUT2D eigenvalue weighted by Crippen LogP contribution is -2.48. The van der Waals surface area contributed by atoms with Crippen molar-refractivity contribution in [1.82, 2.24) is 14.5 Å². The number of amides is 1. The van der Waals surface area contributed by atoms with Gasteiger partial charge < -0.3 is 10.2 Å². The van der Waals surface area contributed by atoms with Crippen LogP contribution in [0.3, 0.4) is 0 Å². The number of likely N-dealkylation sites (tertiary alicyclic amines) is 1. The molecule has 1 heterocycles. The van der Waals surface area contributed by atoms with Crippen molar-refractivity contribution in [2.45, 2.75) is 38.6 Å². The zero-order valence-corrected chi connectivity index (χ0v) is 13.9. The lowest BCUT2D eigenvalue weighted by molar-refractivity contribution is -0.132. The molecule has 2 rings (SSSR count). The molecule has 0 unspecified atom stereocenters. The van der Waals surface area contributed by atoms with E-state index in [2.05, 4.69) is 5.32 Å². The van der Waals surface area contributed by atoms with Crippen LogP contribution in [0.2, 0.25) is 0 Å². The Balaban J connectivity index is 1.72. The van der Waals surface area contributed by atoms with Crippen LogP contribution < -0.4 is 5.32 Å². The zero-order valence-electron chi connectivity index (χ0n) is 13.0. The van der Waals surface area contributed by atoms with E-state index in [0.717, 1.165) is 42.7 Å². The third kappa shape index (κ3) is 4.93. The Kier molecular flexibility index (Phi) is 5.62. The number of likely N-dealkylation sites (N-methyl/N-ethyl adjacent to an activating group) is 1. The van der Waals surface area contributed by atoms with E-state index in [9.17, 15) is 13.2 Å². The fourth-order valence-corrected chi connectivity index (χ4v) is 3.35. The summed E-state index contributed by atoms with van der Waals surface area (Å²) < 4.78 is 24.5. The lowest BCUT2D eigenvalue weighted by atomic mass is 10.0. The van der Waals surface area contributed by atoms with Gasteiger partial charge in [-0.25, -0.2) is 8.42 Å². The SMILES string of the molecule is CCS(=O)(=O)N(C)CC(=O)N1CCC(NCC2CC2)CC1. The van der Waals surface area contributed by atoms with E-state index < -0.39 is 10.0 Å². The molecule has 1 aliphatic carbocycles. The number of carbonyl (C=O) groups is 1. The van der Waals surface area contributed by atoms with Gasteiger partial charge in [0.1, 0.15) is 0 Å². The Morgan fingerprint density at radius 3 is 2.38 bits per heavy atom. The number of piperidine rings is 1. The molecular weight excluding hydrogens is 290 g/mol. The van der Waals surface area contributed by atoms with E-state index in [1.165, 1.54) is 19.9 Å². The van der Waals surface area contributed by atoms with Gasteiger partial charge in [-0.2, -0.15) is 4.31 Å². The van der Waals surface area contributed by atoms with Gasteiger partial charge in [-0.15, -0.1) is 0 Å². The fraction of sp³-hybridized carbons (Fsp3) is 0.929. The van der Waals surface area contributed by atoms with Gasteiger partial charge >= 0.3 is 0 Å². The zero-order chi connectivity index (χ0) is 15.5. The summed E-state index contributed by atoms with van der Waals surface area (Å²) in [5, 5.41) is 3.57. The first kappa shape index (κ1) is 16.7. The number of carbonyl (C=O) groups excluding carboxylic acids is 1. The van der Waals surface area contributed by atoms with Crippen LogP contribution in [0.15, 0.2) is 0 Å². The quantitative estimate of drug-likeness (QED) is 0.731. The third-order valence-corrected chi connectivity index (χ3v) is 6.25. The van der Waals surface area contributed by atoms with Crippen molar-refractivity contribution in [1.29, 1.82) is 0 Å². The smallest absolute Gasteiger partial charge is 0.237 e. The summed E-state index contributed by atoms with van der Waals surface area (Å²) >= 11 is 0. The van der Waals surface area contributed by atoms with Crippen molar-refractivity contribution < 1.29 is 13.2 Å². The van der Waals surface area contributed by atoms with Crippen molar-refractivity contribution in [2.75, 3.05) is 39.0 Å². The highest BCUT2D eigenvalue weighted by atomic mass is 32.2. The molecular formula is C14H27N3O3S. The molecule has 0 aromatic rings. The molecule has 0 bridgehead atoms. The Bertz CT molecular complexity index is 454. The predicted molar refractivity (Wildman–Crippen MR) is 82.4 cm³/mol. The molecule has 0 spiro atoms. The third-order valence-electron chi connectivity index (χ3n) is 4.44. The number of sulfonamides is 1.